The predicted octanol–water partition coefficient (Wildman–Crippen LogP) is 3.49. The Bertz CT molecular complexity index is 511. The van der Waals surface area contributed by atoms with Crippen LogP contribution in [0.3, 0.4) is 0 Å². The molecule has 0 bridgehead atoms. The van der Waals surface area contributed by atoms with Crippen LogP contribution in [0, 0.1) is 11.7 Å². The number of anilines is 1. The van der Waals surface area contributed by atoms with Crippen LogP contribution in [-0.2, 0) is 4.79 Å². The van der Waals surface area contributed by atoms with Gasteiger partial charge in [0.1, 0.15) is 11.6 Å². The summed E-state index contributed by atoms with van der Waals surface area (Å²) in [5, 5.41) is 2.74. The number of halogens is 2. The van der Waals surface area contributed by atoms with E-state index in [1.807, 2.05) is 13.8 Å². The van der Waals surface area contributed by atoms with Gasteiger partial charge in [0.15, 0.2) is 0 Å². The maximum absolute atomic E-state index is 13.4. The topological polar surface area (TPSA) is 64.3 Å². The van der Waals surface area contributed by atoms with E-state index in [9.17, 15) is 9.18 Å². The number of hydrogen-bond acceptors (Lipinski definition) is 3. The molecule has 1 aliphatic carbocycles. The summed E-state index contributed by atoms with van der Waals surface area (Å²) in [5.41, 5.74) is 6.35. The van der Waals surface area contributed by atoms with Crippen molar-refractivity contribution in [2.75, 3.05) is 5.32 Å². The van der Waals surface area contributed by atoms with E-state index in [-0.39, 0.29) is 36.4 Å². The van der Waals surface area contributed by atoms with Gasteiger partial charge in [0.05, 0.1) is 11.8 Å². The summed E-state index contributed by atoms with van der Waals surface area (Å²) in [6, 6.07) is 4.23. The third kappa shape index (κ3) is 5.14. The molecule has 0 heterocycles. The molecule has 0 spiro atoms. The number of nitrogens with two attached hydrogens (primary N) is 1. The van der Waals surface area contributed by atoms with Crippen molar-refractivity contribution in [2.24, 2.45) is 11.7 Å². The van der Waals surface area contributed by atoms with Crippen LogP contribution < -0.4 is 15.8 Å². The van der Waals surface area contributed by atoms with E-state index < -0.39 is 5.82 Å². The van der Waals surface area contributed by atoms with Crippen LogP contribution in [0.25, 0.3) is 0 Å². The first-order valence-corrected chi connectivity index (χ1v) is 7.47. The van der Waals surface area contributed by atoms with Gasteiger partial charge in [-0.2, -0.15) is 0 Å². The summed E-state index contributed by atoms with van der Waals surface area (Å²) < 4.78 is 19.0. The van der Waals surface area contributed by atoms with Gasteiger partial charge < -0.3 is 15.8 Å². The Morgan fingerprint density at radius 2 is 2.18 bits per heavy atom. The fourth-order valence-electron chi connectivity index (χ4n) is 2.71. The summed E-state index contributed by atoms with van der Waals surface area (Å²) in [4.78, 5) is 12.1. The lowest BCUT2D eigenvalue weighted by Gasteiger charge is -2.17. The zero-order valence-electron chi connectivity index (χ0n) is 13.0. The SMILES string of the molecule is CC(C)Oc1ccc(F)cc1NC(=O)C[C@@H]1CCC[C@H]1N.Cl. The number of hydrogen-bond donors (Lipinski definition) is 2. The predicted molar refractivity (Wildman–Crippen MR) is 88.0 cm³/mol. The largest absolute Gasteiger partial charge is 0.489 e. The Balaban J connectivity index is 0.00000242. The van der Waals surface area contributed by atoms with Gasteiger partial charge in [0.2, 0.25) is 5.91 Å². The highest BCUT2D eigenvalue weighted by Gasteiger charge is 2.26. The fraction of sp³-hybridized carbons (Fsp3) is 0.562. The van der Waals surface area contributed by atoms with Gasteiger partial charge in [0.25, 0.3) is 0 Å². The van der Waals surface area contributed by atoms with Gasteiger partial charge in [0, 0.05) is 18.5 Å². The molecule has 2 rings (SSSR count). The van der Waals surface area contributed by atoms with Crippen molar-refractivity contribution >= 4 is 24.0 Å². The van der Waals surface area contributed by atoms with Gasteiger partial charge in [-0.1, -0.05) is 6.42 Å². The van der Waals surface area contributed by atoms with Crippen molar-refractivity contribution in [2.45, 2.75) is 51.7 Å². The van der Waals surface area contributed by atoms with Gasteiger partial charge >= 0.3 is 0 Å². The molecule has 4 nitrogen and oxygen atoms in total. The van der Waals surface area contributed by atoms with Crippen LogP contribution in [0.2, 0.25) is 0 Å². The molecule has 3 N–H and O–H groups in total. The lowest BCUT2D eigenvalue weighted by atomic mass is 10.00. The Labute approximate surface area is 137 Å². The highest BCUT2D eigenvalue weighted by atomic mass is 35.5. The maximum Gasteiger partial charge on any atom is 0.224 e. The Kier molecular flexibility index (Phi) is 7.10. The molecule has 0 unspecified atom stereocenters. The summed E-state index contributed by atoms with van der Waals surface area (Å²) in [7, 11) is 0. The highest BCUT2D eigenvalue weighted by molar-refractivity contribution is 5.92. The summed E-state index contributed by atoms with van der Waals surface area (Å²) in [5.74, 6) is 0.152. The van der Waals surface area contributed by atoms with Crippen molar-refractivity contribution in [1.82, 2.24) is 0 Å². The van der Waals surface area contributed by atoms with Crippen molar-refractivity contribution < 1.29 is 13.9 Å². The average Bonchev–Trinajstić information content (AvgIpc) is 2.78. The molecule has 1 saturated carbocycles. The number of amides is 1. The minimum Gasteiger partial charge on any atom is -0.489 e. The summed E-state index contributed by atoms with van der Waals surface area (Å²) >= 11 is 0. The number of carbonyl (C=O) groups excluding carboxylic acids is 1. The van der Waals surface area contributed by atoms with Gasteiger partial charge in [-0.05, 0) is 44.7 Å². The lowest BCUT2D eigenvalue weighted by Crippen LogP contribution is -2.28. The molecule has 6 heteroatoms. The Hall–Kier alpha value is -1.33. The van der Waals surface area contributed by atoms with Crippen molar-refractivity contribution in [3.8, 4) is 5.75 Å². The monoisotopic (exact) mass is 330 g/mol. The van der Waals surface area contributed by atoms with Crippen LogP contribution in [0.4, 0.5) is 10.1 Å². The van der Waals surface area contributed by atoms with E-state index in [2.05, 4.69) is 5.32 Å². The first-order chi connectivity index (χ1) is 9.95. The molecule has 1 amide bonds. The maximum atomic E-state index is 13.4. The first kappa shape index (κ1) is 18.7. The van der Waals surface area contributed by atoms with Crippen molar-refractivity contribution in [3.63, 3.8) is 0 Å². The molecule has 0 saturated heterocycles. The number of nitrogens with one attached hydrogen (secondary N) is 1. The second-order valence-electron chi connectivity index (χ2n) is 5.91. The molecule has 0 aromatic heterocycles. The van der Waals surface area contributed by atoms with E-state index in [0.717, 1.165) is 19.3 Å². The van der Waals surface area contributed by atoms with Gasteiger partial charge in [-0.25, -0.2) is 4.39 Å². The normalized spacial score (nSPS) is 20.6. The van der Waals surface area contributed by atoms with Crippen LogP contribution in [0.5, 0.6) is 5.75 Å². The fourth-order valence-corrected chi connectivity index (χ4v) is 2.71. The standard InChI is InChI=1S/C16H23FN2O2.ClH/c1-10(2)21-15-7-6-12(17)9-14(15)19-16(20)8-11-4-3-5-13(11)18;/h6-7,9-11,13H,3-5,8,18H2,1-2H3,(H,19,20);1H/t11-,13+;/m0./s1. The first-order valence-electron chi connectivity index (χ1n) is 7.47. The number of carbonyl (C=O) groups is 1. The summed E-state index contributed by atoms with van der Waals surface area (Å²) in [6.07, 6.45) is 3.35. The number of ether oxygens (including phenoxy) is 1. The van der Waals surface area contributed by atoms with E-state index >= 15 is 0 Å². The van der Waals surface area contributed by atoms with E-state index in [1.165, 1.54) is 18.2 Å². The smallest absolute Gasteiger partial charge is 0.224 e. The molecule has 1 aromatic carbocycles. The van der Waals surface area contributed by atoms with E-state index in [0.29, 0.717) is 17.9 Å². The zero-order valence-corrected chi connectivity index (χ0v) is 13.8. The molecule has 0 aliphatic heterocycles. The zero-order chi connectivity index (χ0) is 15.4. The second-order valence-corrected chi connectivity index (χ2v) is 5.91. The Morgan fingerprint density at radius 3 is 2.77 bits per heavy atom. The van der Waals surface area contributed by atoms with Crippen LogP contribution >= 0.6 is 12.4 Å². The second kappa shape index (κ2) is 8.34. The van der Waals surface area contributed by atoms with Gasteiger partial charge in [-0.15, -0.1) is 12.4 Å². The van der Waals surface area contributed by atoms with Crippen molar-refractivity contribution in [1.29, 1.82) is 0 Å². The molecule has 1 fully saturated rings. The molecule has 124 valence electrons. The third-order valence-corrected chi connectivity index (χ3v) is 3.74. The van der Waals surface area contributed by atoms with Crippen LogP contribution in [0.15, 0.2) is 18.2 Å². The summed E-state index contributed by atoms with van der Waals surface area (Å²) in [6.45, 7) is 3.76. The lowest BCUT2D eigenvalue weighted by molar-refractivity contribution is -0.117. The van der Waals surface area contributed by atoms with E-state index in [4.69, 9.17) is 10.5 Å². The Morgan fingerprint density at radius 1 is 1.45 bits per heavy atom. The van der Waals surface area contributed by atoms with Crippen LogP contribution in [-0.4, -0.2) is 18.1 Å². The molecule has 0 radical (unpaired) electrons. The molecular weight excluding hydrogens is 307 g/mol. The minimum absolute atomic E-state index is 0. The average molecular weight is 331 g/mol. The third-order valence-electron chi connectivity index (χ3n) is 3.74. The molecule has 22 heavy (non-hydrogen) atoms. The molecular formula is C16H24ClFN2O2. The molecule has 2 atom stereocenters. The van der Waals surface area contributed by atoms with Crippen molar-refractivity contribution in [3.05, 3.63) is 24.0 Å². The van der Waals surface area contributed by atoms with Crippen LogP contribution in [0.1, 0.15) is 39.5 Å². The quantitative estimate of drug-likeness (QED) is 0.868. The van der Waals surface area contributed by atoms with E-state index in [1.54, 1.807) is 0 Å². The molecule has 1 aliphatic rings. The number of rotatable bonds is 5. The minimum atomic E-state index is -0.404. The van der Waals surface area contributed by atoms with Gasteiger partial charge in [-0.3, -0.25) is 4.79 Å². The highest BCUT2D eigenvalue weighted by Crippen LogP contribution is 2.29. The number of benzene rings is 1. The molecule has 1 aromatic rings.